The van der Waals surface area contributed by atoms with Crippen molar-refractivity contribution in [1.29, 1.82) is 0 Å². The molecule has 192 valence electrons. The normalized spacial score (nSPS) is 14.1. The summed E-state index contributed by atoms with van der Waals surface area (Å²) < 4.78 is 14.2. The fourth-order valence-corrected chi connectivity index (χ4v) is 4.61. The van der Waals surface area contributed by atoms with Crippen molar-refractivity contribution in [2.45, 2.75) is 45.4 Å². The summed E-state index contributed by atoms with van der Waals surface area (Å²) >= 11 is 6.30. The lowest BCUT2D eigenvalue weighted by molar-refractivity contribution is 0.0621. The minimum Gasteiger partial charge on any atom is -0.491 e. The Balaban J connectivity index is 1.39. The molecule has 1 unspecified atom stereocenters. The van der Waals surface area contributed by atoms with Crippen molar-refractivity contribution in [2.75, 3.05) is 13.2 Å². The van der Waals surface area contributed by atoms with Gasteiger partial charge in [-0.05, 0) is 68.7 Å². The highest BCUT2D eigenvalue weighted by Gasteiger charge is 2.33. The maximum absolute atomic E-state index is 10.9. The molecule has 1 aliphatic rings. The van der Waals surface area contributed by atoms with Crippen LogP contribution < -0.4 is 9.47 Å². The van der Waals surface area contributed by atoms with Crippen molar-refractivity contribution in [1.82, 2.24) is 14.7 Å². The van der Waals surface area contributed by atoms with E-state index in [0.29, 0.717) is 30.0 Å². The highest BCUT2D eigenvalue weighted by Crippen LogP contribution is 2.35. The molecule has 1 atom stereocenters. The number of benzene rings is 3. The van der Waals surface area contributed by atoms with Crippen LogP contribution in [0.2, 0.25) is 5.02 Å². The second-order valence-corrected chi connectivity index (χ2v) is 10.0. The Labute approximate surface area is 223 Å². The summed E-state index contributed by atoms with van der Waals surface area (Å²) in [4.78, 5) is 2.32. The van der Waals surface area contributed by atoms with E-state index in [9.17, 15) is 5.11 Å². The van der Waals surface area contributed by atoms with Crippen LogP contribution in [-0.2, 0) is 6.54 Å². The zero-order valence-electron chi connectivity index (χ0n) is 21.2. The van der Waals surface area contributed by atoms with Gasteiger partial charge in [-0.25, -0.2) is 4.68 Å². The number of rotatable bonds is 11. The quantitative estimate of drug-likeness (QED) is 0.251. The lowest BCUT2D eigenvalue weighted by Gasteiger charge is -2.25. The number of halogens is 1. The first kappa shape index (κ1) is 25.3. The predicted molar refractivity (Wildman–Crippen MR) is 146 cm³/mol. The van der Waals surface area contributed by atoms with Crippen molar-refractivity contribution in [3.05, 3.63) is 101 Å². The van der Waals surface area contributed by atoms with Gasteiger partial charge in [0.1, 0.15) is 24.2 Å². The summed E-state index contributed by atoms with van der Waals surface area (Å²) in [5.41, 5.74) is 3.75. The number of aryl methyl sites for hydroxylation is 2. The molecule has 4 aromatic rings. The van der Waals surface area contributed by atoms with Crippen LogP contribution in [0.25, 0.3) is 5.69 Å². The Bertz CT molecular complexity index is 1340. The SMILES string of the molecule is Cc1ccccc1OCC(O)CN(Cc1c(C)nn(-c2cccc(Cl)c2)c1Oc1ccccc1)C1CC1. The molecule has 6 nitrogen and oxygen atoms in total. The molecule has 1 saturated carbocycles. The number of hydrogen-bond acceptors (Lipinski definition) is 5. The Morgan fingerprint density at radius 2 is 1.78 bits per heavy atom. The predicted octanol–water partition coefficient (Wildman–Crippen LogP) is 6.34. The van der Waals surface area contributed by atoms with Gasteiger partial charge in [0, 0.05) is 24.2 Å². The van der Waals surface area contributed by atoms with Crippen LogP contribution >= 0.6 is 11.6 Å². The van der Waals surface area contributed by atoms with Crippen molar-refractivity contribution in [3.8, 4) is 23.1 Å². The third-order valence-electron chi connectivity index (χ3n) is 6.54. The molecular weight excluding hydrogens is 486 g/mol. The Hall–Kier alpha value is -3.32. The number of para-hydroxylation sites is 2. The van der Waals surface area contributed by atoms with Crippen molar-refractivity contribution >= 4 is 11.6 Å². The summed E-state index contributed by atoms with van der Waals surface area (Å²) in [5, 5.41) is 16.3. The van der Waals surface area contributed by atoms with Gasteiger partial charge in [-0.1, -0.05) is 54.1 Å². The van der Waals surface area contributed by atoms with E-state index in [0.717, 1.165) is 46.8 Å². The van der Waals surface area contributed by atoms with E-state index < -0.39 is 6.10 Å². The van der Waals surface area contributed by atoms with E-state index in [4.69, 9.17) is 26.2 Å². The molecule has 5 rings (SSSR count). The van der Waals surface area contributed by atoms with E-state index >= 15 is 0 Å². The summed E-state index contributed by atoms with van der Waals surface area (Å²) in [5.74, 6) is 2.19. The third kappa shape index (κ3) is 6.34. The smallest absolute Gasteiger partial charge is 0.227 e. The number of ether oxygens (including phenoxy) is 2. The molecule has 0 saturated heterocycles. The fraction of sp³-hybridized carbons (Fsp3) is 0.300. The molecule has 0 spiro atoms. The number of aliphatic hydroxyl groups is 1. The second-order valence-electron chi connectivity index (χ2n) is 9.57. The van der Waals surface area contributed by atoms with Crippen LogP contribution in [0.4, 0.5) is 0 Å². The first-order chi connectivity index (χ1) is 18.0. The maximum atomic E-state index is 10.9. The van der Waals surface area contributed by atoms with Crippen molar-refractivity contribution in [3.63, 3.8) is 0 Å². The van der Waals surface area contributed by atoms with Crippen LogP contribution in [0.3, 0.4) is 0 Å². The van der Waals surface area contributed by atoms with E-state index in [1.165, 1.54) is 0 Å². The zero-order valence-corrected chi connectivity index (χ0v) is 21.9. The van der Waals surface area contributed by atoms with Crippen LogP contribution in [0.1, 0.15) is 29.7 Å². The molecule has 0 amide bonds. The van der Waals surface area contributed by atoms with Gasteiger partial charge in [0.25, 0.3) is 0 Å². The highest BCUT2D eigenvalue weighted by atomic mass is 35.5. The first-order valence-electron chi connectivity index (χ1n) is 12.7. The van der Waals surface area contributed by atoms with Gasteiger partial charge >= 0.3 is 0 Å². The van der Waals surface area contributed by atoms with Gasteiger partial charge in [0.15, 0.2) is 0 Å². The van der Waals surface area contributed by atoms with Gasteiger partial charge in [-0.2, -0.15) is 5.10 Å². The van der Waals surface area contributed by atoms with Crippen LogP contribution in [0.5, 0.6) is 17.4 Å². The van der Waals surface area contributed by atoms with E-state index in [-0.39, 0.29) is 6.61 Å². The molecule has 1 aromatic heterocycles. The third-order valence-corrected chi connectivity index (χ3v) is 6.78. The molecule has 1 heterocycles. The van der Waals surface area contributed by atoms with Gasteiger partial charge in [0.2, 0.25) is 5.88 Å². The Kier molecular flexibility index (Phi) is 7.79. The van der Waals surface area contributed by atoms with Gasteiger partial charge in [-0.3, -0.25) is 4.90 Å². The molecule has 1 fully saturated rings. The van der Waals surface area contributed by atoms with E-state index in [1.54, 1.807) is 0 Å². The van der Waals surface area contributed by atoms with E-state index in [1.807, 2.05) is 97.4 Å². The average molecular weight is 518 g/mol. The fourth-order valence-electron chi connectivity index (χ4n) is 4.42. The topological polar surface area (TPSA) is 59.8 Å². The van der Waals surface area contributed by atoms with Crippen molar-refractivity contribution < 1.29 is 14.6 Å². The number of aliphatic hydroxyl groups excluding tert-OH is 1. The van der Waals surface area contributed by atoms with Crippen LogP contribution in [-0.4, -0.2) is 45.1 Å². The molecule has 0 bridgehead atoms. The molecular formula is C30H32ClN3O3. The molecule has 1 aliphatic carbocycles. The molecule has 7 heteroatoms. The zero-order chi connectivity index (χ0) is 25.8. The summed E-state index contributed by atoms with van der Waals surface area (Å²) in [6.07, 6.45) is 1.60. The van der Waals surface area contributed by atoms with Gasteiger partial charge < -0.3 is 14.6 Å². The largest absolute Gasteiger partial charge is 0.491 e. The standard InChI is InChI=1S/C30H32ClN3O3/c1-21-9-6-7-14-29(21)36-20-26(35)18-33(24-15-16-24)19-28-22(2)32-34(25-11-8-10-23(31)17-25)30(28)37-27-12-4-3-5-13-27/h3-14,17,24,26,35H,15-16,18-20H2,1-2H3. The monoisotopic (exact) mass is 517 g/mol. The average Bonchev–Trinajstić information content (AvgIpc) is 3.70. The van der Waals surface area contributed by atoms with Gasteiger partial charge in [-0.15, -0.1) is 0 Å². The molecule has 0 radical (unpaired) electrons. The van der Waals surface area contributed by atoms with E-state index in [2.05, 4.69) is 4.90 Å². The molecule has 1 N–H and O–H groups in total. The molecule has 3 aromatic carbocycles. The second kappa shape index (κ2) is 11.4. The highest BCUT2D eigenvalue weighted by molar-refractivity contribution is 6.30. The number of hydrogen-bond donors (Lipinski definition) is 1. The first-order valence-corrected chi connectivity index (χ1v) is 13.0. The Morgan fingerprint density at radius 3 is 2.51 bits per heavy atom. The number of nitrogens with zero attached hydrogens (tertiary/aromatic N) is 3. The minimum atomic E-state index is -0.623. The Morgan fingerprint density at radius 1 is 1.03 bits per heavy atom. The molecule has 37 heavy (non-hydrogen) atoms. The maximum Gasteiger partial charge on any atom is 0.227 e. The number of aromatic nitrogens is 2. The lowest BCUT2D eigenvalue weighted by atomic mass is 10.2. The molecule has 0 aliphatic heterocycles. The lowest BCUT2D eigenvalue weighted by Crippen LogP contribution is -2.37. The summed E-state index contributed by atoms with van der Waals surface area (Å²) in [6.45, 7) is 5.36. The minimum absolute atomic E-state index is 0.238. The van der Waals surface area contributed by atoms with Crippen LogP contribution in [0.15, 0.2) is 78.9 Å². The van der Waals surface area contributed by atoms with Gasteiger partial charge in [0.05, 0.1) is 16.9 Å². The summed E-state index contributed by atoms with van der Waals surface area (Å²) in [7, 11) is 0. The van der Waals surface area contributed by atoms with Crippen molar-refractivity contribution in [2.24, 2.45) is 0 Å². The summed E-state index contributed by atoms with van der Waals surface area (Å²) in [6, 6.07) is 25.6. The van der Waals surface area contributed by atoms with Crippen LogP contribution in [0, 0.1) is 13.8 Å².